The van der Waals surface area contributed by atoms with E-state index < -0.39 is 10.0 Å². The average Bonchev–Trinajstić information content (AvgIpc) is 2.70. The summed E-state index contributed by atoms with van der Waals surface area (Å²) >= 11 is 5.85. The minimum absolute atomic E-state index is 0.0798. The van der Waals surface area contributed by atoms with E-state index in [4.69, 9.17) is 16.3 Å². The van der Waals surface area contributed by atoms with E-state index in [0.29, 0.717) is 17.5 Å². The minimum atomic E-state index is -3.89. The fraction of sp³-hybridized carbons (Fsp3) is 0.381. The van der Waals surface area contributed by atoms with Gasteiger partial charge < -0.3 is 10.1 Å². The summed E-state index contributed by atoms with van der Waals surface area (Å²) in [7, 11) is -2.50. The molecule has 0 radical (unpaired) electrons. The van der Waals surface area contributed by atoms with E-state index in [1.807, 2.05) is 0 Å². The first-order chi connectivity index (χ1) is 13.7. The molecule has 2 N–H and O–H groups in total. The number of benzene rings is 2. The number of ether oxygens (including phenoxy) is 1. The van der Waals surface area contributed by atoms with Crippen LogP contribution in [0, 0.1) is 5.92 Å². The van der Waals surface area contributed by atoms with Crippen molar-refractivity contribution < 1.29 is 17.9 Å². The standard InChI is InChI=1S/C21H27ClN2O4S/c1-15(2)5-4-12-23-21(25)17-8-11-19(28-3)20(13-17)29(26,27)24-14-16-6-9-18(22)10-7-16/h6-11,13,15,24H,4-5,12,14H2,1-3H3,(H,23,25). The highest BCUT2D eigenvalue weighted by Crippen LogP contribution is 2.25. The maximum absolute atomic E-state index is 12.8. The molecular weight excluding hydrogens is 412 g/mol. The number of halogens is 1. The molecule has 0 saturated carbocycles. The zero-order valence-corrected chi connectivity index (χ0v) is 18.4. The van der Waals surface area contributed by atoms with E-state index in [-0.39, 0.29) is 28.7 Å². The highest BCUT2D eigenvalue weighted by Gasteiger charge is 2.21. The lowest BCUT2D eigenvalue weighted by atomic mass is 10.1. The fourth-order valence-electron chi connectivity index (χ4n) is 2.70. The zero-order valence-electron chi connectivity index (χ0n) is 16.9. The second kappa shape index (κ2) is 10.6. The van der Waals surface area contributed by atoms with Crippen LogP contribution in [0.1, 0.15) is 42.6 Å². The second-order valence-corrected chi connectivity index (χ2v) is 9.28. The molecule has 0 atom stereocenters. The van der Waals surface area contributed by atoms with Gasteiger partial charge in [0.15, 0.2) is 0 Å². The SMILES string of the molecule is COc1ccc(C(=O)NCCCC(C)C)cc1S(=O)(=O)NCc1ccc(Cl)cc1. The minimum Gasteiger partial charge on any atom is -0.495 e. The molecule has 0 aliphatic rings. The van der Waals surface area contributed by atoms with Gasteiger partial charge in [-0.3, -0.25) is 4.79 Å². The van der Waals surface area contributed by atoms with Crippen molar-refractivity contribution in [3.63, 3.8) is 0 Å². The molecule has 0 saturated heterocycles. The Morgan fingerprint density at radius 2 is 1.83 bits per heavy atom. The first-order valence-corrected chi connectivity index (χ1v) is 11.3. The van der Waals surface area contributed by atoms with Crippen molar-refractivity contribution in [3.05, 3.63) is 58.6 Å². The number of carbonyl (C=O) groups excluding carboxylic acids is 1. The van der Waals surface area contributed by atoms with Crippen molar-refractivity contribution in [2.75, 3.05) is 13.7 Å². The fourth-order valence-corrected chi connectivity index (χ4v) is 4.04. The van der Waals surface area contributed by atoms with Crippen molar-refractivity contribution in [2.45, 2.75) is 38.1 Å². The van der Waals surface area contributed by atoms with E-state index in [1.54, 1.807) is 30.3 Å². The molecule has 0 fully saturated rings. The highest BCUT2D eigenvalue weighted by atomic mass is 35.5. The zero-order chi connectivity index (χ0) is 21.4. The molecule has 2 aromatic rings. The number of nitrogens with one attached hydrogen (secondary N) is 2. The average molecular weight is 439 g/mol. The third-order valence-corrected chi connectivity index (χ3v) is 6.01. The van der Waals surface area contributed by atoms with Crippen molar-refractivity contribution in [1.29, 1.82) is 0 Å². The summed E-state index contributed by atoms with van der Waals surface area (Å²) in [6.07, 6.45) is 1.88. The number of hydrogen-bond acceptors (Lipinski definition) is 4. The van der Waals surface area contributed by atoms with Gasteiger partial charge >= 0.3 is 0 Å². The third-order valence-electron chi connectivity index (χ3n) is 4.34. The largest absolute Gasteiger partial charge is 0.495 e. The van der Waals surface area contributed by atoms with Gasteiger partial charge in [-0.05, 0) is 54.7 Å². The van der Waals surface area contributed by atoms with Gasteiger partial charge in [-0.2, -0.15) is 0 Å². The van der Waals surface area contributed by atoms with Crippen molar-refractivity contribution in [3.8, 4) is 5.75 Å². The molecule has 8 heteroatoms. The number of rotatable bonds is 10. The van der Waals surface area contributed by atoms with E-state index >= 15 is 0 Å². The Morgan fingerprint density at radius 3 is 2.45 bits per heavy atom. The molecule has 158 valence electrons. The third kappa shape index (κ3) is 7.03. The summed E-state index contributed by atoms with van der Waals surface area (Å²) in [6.45, 7) is 4.88. The Bertz CT molecular complexity index is 928. The van der Waals surface area contributed by atoms with Crippen LogP contribution in [-0.4, -0.2) is 28.0 Å². The quantitative estimate of drug-likeness (QED) is 0.549. The molecule has 2 rings (SSSR count). The molecule has 29 heavy (non-hydrogen) atoms. The Kier molecular flexibility index (Phi) is 8.49. The molecule has 6 nitrogen and oxygen atoms in total. The lowest BCUT2D eigenvalue weighted by Gasteiger charge is -2.13. The molecule has 1 amide bonds. The van der Waals surface area contributed by atoms with E-state index in [0.717, 1.165) is 18.4 Å². The lowest BCUT2D eigenvalue weighted by molar-refractivity contribution is 0.0952. The van der Waals surface area contributed by atoms with Crippen LogP contribution >= 0.6 is 11.6 Å². The van der Waals surface area contributed by atoms with Crippen LogP contribution in [0.3, 0.4) is 0 Å². The van der Waals surface area contributed by atoms with Gasteiger partial charge in [-0.15, -0.1) is 0 Å². The van der Waals surface area contributed by atoms with Gasteiger partial charge in [0, 0.05) is 23.7 Å². The molecule has 0 heterocycles. The summed E-state index contributed by atoms with van der Waals surface area (Å²) in [4.78, 5) is 12.3. The molecule has 0 aliphatic heterocycles. The van der Waals surface area contributed by atoms with Gasteiger partial charge in [0.2, 0.25) is 10.0 Å². The number of carbonyl (C=O) groups is 1. The van der Waals surface area contributed by atoms with Crippen molar-refractivity contribution in [2.24, 2.45) is 5.92 Å². The highest BCUT2D eigenvalue weighted by molar-refractivity contribution is 7.89. The predicted molar refractivity (Wildman–Crippen MR) is 115 cm³/mol. The maximum Gasteiger partial charge on any atom is 0.251 e. The monoisotopic (exact) mass is 438 g/mol. The van der Waals surface area contributed by atoms with Crippen LogP contribution in [0.5, 0.6) is 5.75 Å². The van der Waals surface area contributed by atoms with Crippen LogP contribution < -0.4 is 14.8 Å². The number of methoxy groups -OCH3 is 1. The maximum atomic E-state index is 12.8. The Balaban J connectivity index is 2.13. The first-order valence-electron chi connectivity index (χ1n) is 9.43. The summed E-state index contributed by atoms with van der Waals surface area (Å²) in [5.41, 5.74) is 1.03. The van der Waals surface area contributed by atoms with Gasteiger partial charge in [0.05, 0.1) is 7.11 Å². The molecule has 0 bridgehead atoms. The normalized spacial score (nSPS) is 11.5. The van der Waals surface area contributed by atoms with Crippen LogP contribution in [0.15, 0.2) is 47.4 Å². The Labute approximate surface area is 177 Å². The molecule has 0 unspecified atom stereocenters. The Hall–Kier alpha value is -2.09. The first kappa shape index (κ1) is 23.2. The van der Waals surface area contributed by atoms with Gasteiger partial charge in [0.1, 0.15) is 10.6 Å². The molecule has 0 spiro atoms. The Morgan fingerprint density at radius 1 is 1.14 bits per heavy atom. The number of hydrogen-bond donors (Lipinski definition) is 2. The summed E-state index contributed by atoms with van der Waals surface area (Å²) in [5, 5.41) is 3.40. The van der Waals surface area contributed by atoms with Crippen molar-refractivity contribution in [1.82, 2.24) is 10.0 Å². The van der Waals surface area contributed by atoms with Gasteiger partial charge in [-0.25, -0.2) is 13.1 Å². The van der Waals surface area contributed by atoms with Gasteiger partial charge in [0.25, 0.3) is 5.91 Å². The van der Waals surface area contributed by atoms with Crippen LogP contribution in [0.25, 0.3) is 0 Å². The molecule has 0 aromatic heterocycles. The number of sulfonamides is 1. The summed E-state index contributed by atoms with van der Waals surface area (Å²) in [5.74, 6) is 0.423. The van der Waals surface area contributed by atoms with Crippen LogP contribution in [0.2, 0.25) is 5.02 Å². The van der Waals surface area contributed by atoms with Crippen LogP contribution in [0.4, 0.5) is 0 Å². The lowest BCUT2D eigenvalue weighted by Crippen LogP contribution is -2.26. The van der Waals surface area contributed by atoms with Crippen LogP contribution in [-0.2, 0) is 16.6 Å². The molecule has 2 aromatic carbocycles. The number of amides is 1. The topological polar surface area (TPSA) is 84.5 Å². The molecule has 0 aliphatic carbocycles. The van der Waals surface area contributed by atoms with E-state index in [1.165, 1.54) is 19.2 Å². The smallest absolute Gasteiger partial charge is 0.251 e. The van der Waals surface area contributed by atoms with Crippen molar-refractivity contribution >= 4 is 27.5 Å². The summed E-state index contributed by atoms with van der Waals surface area (Å²) in [6, 6.07) is 11.2. The second-order valence-electron chi connectivity index (χ2n) is 7.11. The summed E-state index contributed by atoms with van der Waals surface area (Å²) < 4.78 is 33.4. The van der Waals surface area contributed by atoms with E-state index in [2.05, 4.69) is 23.9 Å². The predicted octanol–water partition coefficient (Wildman–Crippen LogP) is 3.99. The molecular formula is C21H27ClN2O4S. The van der Waals surface area contributed by atoms with E-state index in [9.17, 15) is 13.2 Å². The van der Waals surface area contributed by atoms with Gasteiger partial charge in [-0.1, -0.05) is 37.6 Å².